The SMILES string of the molecule is NC(Cc1ccncc1Cl)C1Cc2ccccc2S1. The first-order valence-electron chi connectivity index (χ1n) is 6.32. The van der Waals surface area contributed by atoms with E-state index in [4.69, 9.17) is 17.3 Å². The fourth-order valence-electron chi connectivity index (χ4n) is 2.40. The van der Waals surface area contributed by atoms with E-state index in [2.05, 4.69) is 29.2 Å². The molecule has 2 aromatic rings. The maximum Gasteiger partial charge on any atom is 0.0621 e. The van der Waals surface area contributed by atoms with Crippen molar-refractivity contribution in [3.8, 4) is 0 Å². The van der Waals surface area contributed by atoms with Crippen molar-refractivity contribution < 1.29 is 0 Å². The number of hydrogen-bond acceptors (Lipinski definition) is 3. The van der Waals surface area contributed by atoms with Crippen molar-refractivity contribution >= 4 is 23.4 Å². The summed E-state index contributed by atoms with van der Waals surface area (Å²) in [6.45, 7) is 0. The maximum atomic E-state index is 6.36. The second-order valence-electron chi connectivity index (χ2n) is 4.80. The molecule has 2 unspecified atom stereocenters. The lowest BCUT2D eigenvalue weighted by atomic mass is 10.0. The van der Waals surface area contributed by atoms with Gasteiger partial charge in [0, 0.05) is 28.6 Å². The Balaban J connectivity index is 1.70. The third kappa shape index (κ3) is 2.78. The zero-order valence-electron chi connectivity index (χ0n) is 10.4. The third-order valence-corrected chi connectivity index (χ3v) is 5.27. The number of hydrogen-bond donors (Lipinski definition) is 1. The molecule has 2 heterocycles. The van der Waals surface area contributed by atoms with E-state index in [0.29, 0.717) is 10.3 Å². The average molecular weight is 291 g/mol. The molecule has 1 aliphatic heterocycles. The number of halogens is 1. The fraction of sp³-hybridized carbons (Fsp3) is 0.267. The van der Waals surface area contributed by atoms with E-state index in [1.54, 1.807) is 12.4 Å². The van der Waals surface area contributed by atoms with E-state index in [1.165, 1.54) is 10.5 Å². The van der Waals surface area contributed by atoms with E-state index in [-0.39, 0.29) is 6.04 Å². The van der Waals surface area contributed by atoms with Gasteiger partial charge in [0.25, 0.3) is 0 Å². The number of thioether (sulfide) groups is 1. The molecule has 0 saturated carbocycles. The average Bonchev–Trinajstić information content (AvgIpc) is 2.85. The van der Waals surface area contributed by atoms with Crippen LogP contribution in [0.4, 0.5) is 0 Å². The highest BCUT2D eigenvalue weighted by atomic mass is 35.5. The predicted molar refractivity (Wildman–Crippen MR) is 80.7 cm³/mol. The highest BCUT2D eigenvalue weighted by Crippen LogP contribution is 2.38. The molecule has 98 valence electrons. The first-order valence-corrected chi connectivity index (χ1v) is 7.58. The molecule has 0 spiro atoms. The molecule has 3 rings (SSSR count). The van der Waals surface area contributed by atoms with Gasteiger partial charge in [-0.25, -0.2) is 0 Å². The van der Waals surface area contributed by atoms with Crippen molar-refractivity contribution in [1.29, 1.82) is 0 Å². The van der Waals surface area contributed by atoms with Gasteiger partial charge in [0.15, 0.2) is 0 Å². The van der Waals surface area contributed by atoms with Gasteiger partial charge in [0.2, 0.25) is 0 Å². The smallest absolute Gasteiger partial charge is 0.0621 e. The van der Waals surface area contributed by atoms with Crippen LogP contribution in [0.25, 0.3) is 0 Å². The Morgan fingerprint density at radius 1 is 1.37 bits per heavy atom. The van der Waals surface area contributed by atoms with Crippen LogP contribution in [0.3, 0.4) is 0 Å². The standard InChI is InChI=1S/C15H15ClN2S/c16-12-9-18-6-5-10(12)7-13(17)15-8-11-3-1-2-4-14(11)19-15/h1-6,9,13,15H,7-8,17H2. The molecule has 0 amide bonds. The Hall–Kier alpha value is -1.03. The predicted octanol–water partition coefficient (Wildman–Crippen LogP) is 3.32. The van der Waals surface area contributed by atoms with Gasteiger partial charge in [-0.3, -0.25) is 4.98 Å². The minimum Gasteiger partial charge on any atom is -0.326 e. The highest BCUT2D eigenvalue weighted by molar-refractivity contribution is 8.00. The lowest BCUT2D eigenvalue weighted by Gasteiger charge is -2.18. The Morgan fingerprint density at radius 3 is 3.00 bits per heavy atom. The molecule has 1 aromatic heterocycles. The Bertz CT molecular complexity index is 563. The number of fused-ring (bicyclic) bond motifs is 1. The minimum absolute atomic E-state index is 0.109. The van der Waals surface area contributed by atoms with Crippen molar-refractivity contribution in [2.24, 2.45) is 5.73 Å². The second-order valence-corrected chi connectivity index (χ2v) is 6.49. The van der Waals surface area contributed by atoms with Crippen LogP contribution in [-0.2, 0) is 12.8 Å². The van der Waals surface area contributed by atoms with Crippen molar-refractivity contribution in [3.63, 3.8) is 0 Å². The number of benzene rings is 1. The maximum absolute atomic E-state index is 6.36. The summed E-state index contributed by atoms with van der Waals surface area (Å²) < 4.78 is 0. The summed E-state index contributed by atoms with van der Waals surface area (Å²) in [7, 11) is 0. The number of nitrogens with zero attached hydrogens (tertiary/aromatic N) is 1. The van der Waals surface area contributed by atoms with Crippen molar-refractivity contribution in [2.75, 3.05) is 0 Å². The van der Waals surface area contributed by atoms with E-state index >= 15 is 0 Å². The lowest BCUT2D eigenvalue weighted by molar-refractivity contribution is 0.632. The molecule has 0 bridgehead atoms. The van der Waals surface area contributed by atoms with E-state index in [9.17, 15) is 0 Å². The highest BCUT2D eigenvalue weighted by Gasteiger charge is 2.27. The molecule has 0 radical (unpaired) electrons. The topological polar surface area (TPSA) is 38.9 Å². The molecule has 1 aromatic carbocycles. The minimum atomic E-state index is 0.109. The Kier molecular flexibility index (Phi) is 3.78. The van der Waals surface area contributed by atoms with E-state index in [0.717, 1.165) is 18.4 Å². The van der Waals surface area contributed by atoms with Gasteiger partial charge in [-0.1, -0.05) is 29.8 Å². The Morgan fingerprint density at radius 2 is 2.21 bits per heavy atom. The normalized spacial score (nSPS) is 19.2. The van der Waals surface area contributed by atoms with Crippen LogP contribution >= 0.6 is 23.4 Å². The van der Waals surface area contributed by atoms with Crippen LogP contribution in [0, 0.1) is 0 Å². The van der Waals surface area contributed by atoms with Crippen molar-refractivity contribution in [3.05, 3.63) is 58.9 Å². The molecule has 4 heteroatoms. The second kappa shape index (κ2) is 5.53. The molecule has 2 nitrogen and oxygen atoms in total. The number of nitrogens with two attached hydrogens (primary N) is 1. The van der Waals surface area contributed by atoms with Gasteiger partial charge in [-0.2, -0.15) is 0 Å². The van der Waals surface area contributed by atoms with Gasteiger partial charge < -0.3 is 5.73 Å². The summed E-state index contributed by atoms with van der Waals surface area (Å²) in [4.78, 5) is 5.37. The zero-order chi connectivity index (χ0) is 13.2. The molecular formula is C15H15ClN2S. The molecule has 2 atom stereocenters. The summed E-state index contributed by atoms with van der Waals surface area (Å²) >= 11 is 8.02. The van der Waals surface area contributed by atoms with Gasteiger partial charge in [0.05, 0.1) is 5.02 Å². The molecule has 0 aliphatic carbocycles. The number of pyridine rings is 1. The van der Waals surface area contributed by atoms with Crippen LogP contribution in [0.2, 0.25) is 5.02 Å². The van der Waals surface area contributed by atoms with Gasteiger partial charge >= 0.3 is 0 Å². The van der Waals surface area contributed by atoms with Crippen LogP contribution in [0.5, 0.6) is 0 Å². The van der Waals surface area contributed by atoms with Crippen LogP contribution in [0.1, 0.15) is 11.1 Å². The van der Waals surface area contributed by atoms with Crippen molar-refractivity contribution in [1.82, 2.24) is 4.98 Å². The quantitative estimate of drug-likeness (QED) is 0.942. The monoisotopic (exact) mass is 290 g/mol. The van der Waals surface area contributed by atoms with Crippen LogP contribution < -0.4 is 5.73 Å². The summed E-state index contributed by atoms with van der Waals surface area (Å²) in [5, 5.41) is 1.14. The first-order chi connectivity index (χ1) is 9.24. The summed E-state index contributed by atoms with van der Waals surface area (Å²) in [6.07, 6.45) is 5.29. The summed E-state index contributed by atoms with van der Waals surface area (Å²) in [5.74, 6) is 0. The Labute approximate surface area is 122 Å². The largest absolute Gasteiger partial charge is 0.326 e. The molecule has 19 heavy (non-hydrogen) atoms. The molecule has 1 aliphatic rings. The molecule has 0 fully saturated rings. The van der Waals surface area contributed by atoms with Gasteiger partial charge in [0.1, 0.15) is 0 Å². The zero-order valence-corrected chi connectivity index (χ0v) is 12.0. The van der Waals surface area contributed by atoms with E-state index < -0.39 is 0 Å². The molecular weight excluding hydrogens is 276 g/mol. The van der Waals surface area contributed by atoms with Crippen molar-refractivity contribution in [2.45, 2.75) is 29.0 Å². The number of aromatic nitrogens is 1. The van der Waals surface area contributed by atoms with Crippen LogP contribution in [0.15, 0.2) is 47.6 Å². The van der Waals surface area contributed by atoms with Crippen LogP contribution in [-0.4, -0.2) is 16.3 Å². The lowest BCUT2D eigenvalue weighted by Crippen LogP contribution is -2.34. The third-order valence-electron chi connectivity index (χ3n) is 3.46. The van der Waals surface area contributed by atoms with E-state index in [1.807, 2.05) is 17.8 Å². The molecule has 2 N–H and O–H groups in total. The van der Waals surface area contributed by atoms with Gasteiger partial charge in [-0.15, -0.1) is 11.8 Å². The molecule has 0 saturated heterocycles. The number of rotatable bonds is 3. The van der Waals surface area contributed by atoms with Gasteiger partial charge in [-0.05, 0) is 36.1 Å². The fourth-order valence-corrected chi connectivity index (χ4v) is 3.92. The first kappa shape index (κ1) is 13.0. The summed E-state index contributed by atoms with van der Waals surface area (Å²) in [5.41, 5.74) is 8.85. The summed E-state index contributed by atoms with van der Waals surface area (Å²) in [6, 6.07) is 10.6.